The highest BCUT2D eigenvalue weighted by molar-refractivity contribution is 7.89. The summed E-state index contributed by atoms with van der Waals surface area (Å²) in [6, 6.07) is 8.57. The Kier molecular flexibility index (Phi) is 5.86. The number of nitrogens with one attached hydrogen (secondary N) is 1. The number of sulfonamides is 1. The minimum Gasteiger partial charge on any atom is -0.490 e. The van der Waals surface area contributed by atoms with E-state index in [2.05, 4.69) is 5.32 Å². The number of ether oxygens (including phenoxy) is 1. The fraction of sp³-hybridized carbons (Fsp3) is 0.381. The van der Waals surface area contributed by atoms with Gasteiger partial charge in [0, 0.05) is 18.5 Å². The van der Waals surface area contributed by atoms with Crippen LogP contribution in [-0.2, 0) is 10.0 Å². The summed E-state index contributed by atoms with van der Waals surface area (Å²) in [6.45, 7) is 5.22. The van der Waals surface area contributed by atoms with Crippen molar-refractivity contribution in [2.24, 2.45) is 0 Å². The van der Waals surface area contributed by atoms with Crippen molar-refractivity contribution in [2.45, 2.75) is 37.6 Å². The molecule has 160 valence electrons. The summed E-state index contributed by atoms with van der Waals surface area (Å²) < 4.78 is 38.8. The number of hydrogen-bond donors (Lipinski definition) is 1. The van der Waals surface area contributed by atoms with E-state index < -0.39 is 22.0 Å². The molecule has 1 aliphatic heterocycles. The van der Waals surface area contributed by atoms with Gasteiger partial charge < -0.3 is 14.5 Å². The fourth-order valence-electron chi connectivity index (χ4n) is 3.61. The Hall–Kier alpha value is -2.36. The van der Waals surface area contributed by atoms with Crippen LogP contribution in [0.2, 0.25) is 0 Å². The number of carbonyl (C=O) groups excluding carboxylic acids is 1. The van der Waals surface area contributed by atoms with Crippen molar-refractivity contribution in [3.63, 3.8) is 0 Å². The number of thiophene rings is 1. The van der Waals surface area contributed by atoms with E-state index in [0.29, 0.717) is 36.8 Å². The van der Waals surface area contributed by atoms with Crippen molar-refractivity contribution in [3.8, 4) is 5.75 Å². The van der Waals surface area contributed by atoms with Crippen LogP contribution in [0.25, 0.3) is 11.0 Å². The number of fused-ring (bicyclic) bond motifs is 1. The zero-order valence-electron chi connectivity index (χ0n) is 16.9. The normalized spacial score (nSPS) is 16.1. The summed E-state index contributed by atoms with van der Waals surface area (Å²) in [5, 5.41) is 5.39. The van der Waals surface area contributed by atoms with Crippen molar-refractivity contribution in [1.82, 2.24) is 9.62 Å². The lowest BCUT2D eigenvalue weighted by atomic mass is 10.2. The summed E-state index contributed by atoms with van der Waals surface area (Å²) >= 11 is 1.13. The Balaban J connectivity index is 1.56. The SMILES string of the molecule is CCOc1cccc2cc(C(C)NC(=O)c3sccc3S(=O)(=O)N3CCCC3)oc12. The predicted molar refractivity (Wildman–Crippen MR) is 116 cm³/mol. The van der Waals surface area contributed by atoms with Crippen LogP contribution in [0.5, 0.6) is 5.75 Å². The van der Waals surface area contributed by atoms with Crippen LogP contribution >= 0.6 is 11.3 Å². The molecule has 9 heteroatoms. The van der Waals surface area contributed by atoms with Crippen molar-refractivity contribution in [2.75, 3.05) is 19.7 Å². The molecule has 3 heterocycles. The number of benzene rings is 1. The molecule has 0 bridgehead atoms. The number of rotatable bonds is 7. The van der Waals surface area contributed by atoms with E-state index in [1.807, 2.05) is 31.2 Å². The van der Waals surface area contributed by atoms with Crippen LogP contribution in [0.1, 0.15) is 48.2 Å². The number of furan rings is 1. The fourth-order valence-corrected chi connectivity index (χ4v) is 6.43. The molecule has 1 aromatic carbocycles. The Morgan fingerprint density at radius 3 is 2.80 bits per heavy atom. The van der Waals surface area contributed by atoms with Gasteiger partial charge in [-0.15, -0.1) is 11.3 Å². The minimum absolute atomic E-state index is 0.0716. The summed E-state index contributed by atoms with van der Waals surface area (Å²) in [5.74, 6) is 0.795. The number of para-hydroxylation sites is 1. The highest BCUT2D eigenvalue weighted by atomic mass is 32.2. The molecular weight excluding hydrogens is 424 g/mol. The minimum atomic E-state index is -3.66. The molecule has 1 atom stereocenters. The smallest absolute Gasteiger partial charge is 0.263 e. The molecule has 1 N–H and O–H groups in total. The molecule has 0 aliphatic carbocycles. The van der Waals surface area contributed by atoms with E-state index in [4.69, 9.17) is 9.15 Å². The van der Waals surface area contributed by atoms with Gasteiger partial charge in [-0.3, -0.25) is 4.79 Å². The van der Waals surface area contributed by atoms with Gasteiger partial charge in [-0.2, -0.15) is 4.31 Å². The lowest BCUT2D eigenvalue weighted by molar-refractivity contribution is 0.0936. The molecule has 7 nitrogen and oxygen atoms in total. The number of carbonyl (C=O) groups is 1. The van der Waals surface area contributed by atoms with E-state index in [9.17, 15) is 13.2 Å². The summed E-state index contributed by atoms with van der Waals surface area (Å²) in [5.41, 5.74) is 0.629. The molecule has 1 amide bonds. The Morgan fingerprint density at radius 1 is 1.30 bits per heavy atom. The van der Waals surface area contributed by atoms with Gasteiger partial charge in [-0.25, -0.2) is 8.42 Å². The van der Waals surface area contributed by atoms with E-state index in [-0.39, 0.29) is 9.77 Å². The van der Waals surface area contributed by atoms with Crippen LogP contribution < -0.4 is 10.1 Å². The van der Waals surface area contributed by atoms with Crippen molar-refractivity contribution < 1.29 is 22.4 Å². The first-order valence-corrected chi connectivity index (χ1v) is 12.3. The molecule has 1 aliphatic rings. The second-order valence-electron chi connectivity index (χ2n) is 7.18. The van der Waals surface area contributed by atoms with Gasteiger partial charge in [0.2, 0.25) is 10.0 Å². The van der Waals surface area contributed by atoms with E-state index in [1.54, 1.807) is 12.3 Å². The third-order valence-corrected chi connectivity index (χ3v) is 8.10. The standard InChI is InChI=1S/C21H24N2O5S2/c1-3-27-16-8-6-7-15-13-17(28-19(15)16)14(2)22-21(24)20-18(9-12-29-20)30(25,26)23-10-4-5-11-23/h6-9,12-14H,3-5,10-11H2,1-2H3,(H,22,24). The molecular formula is C21H24N2O5S2. The first kappa shape index (κ1) is 20.9. The molecule has 0 radical (unpaired) electrons. The predicted octanol–water partition coefficient (Wildman–Crippen LogP) is 4.17. The summed E-state index contributed by atoms with van der Waals surface area (Å²) in [7, 11) is -3.66. The highest BCUT2D eigenvalue weighted by Crippen LogP contribution is 2.32. The first-order valence-electron chi connectivity index (χ1n) is 9.95. The Bertz CT molecular complexity index is 1160. The van der Waals surface area contributed by atoms with Gasteiger partial charge in [-0.1, -0.05) is 12.1 Å². The van der Waals surface area contributed by atoms with Gasteiger partial charge in [-0.05, 0) is 50.3 Å². The van der Waals surface area contributed by atoms with Crippen LogP contribution in [0, 0.1) is 0 Å². The molecule has 3 aromatic rings. The molecule has 1 saturated heterocycles. The molecule has 4 rings (SSSR count). The number of hydrogen-bond acceptors (Lipinski definition) is 6. The largest absolute Gasteiger partial charge is 0.490 e. The van der Waals surface area contributed by atoms with Crippen molar-refractivity contribution in [1.29, 1.82) is 0 Å². The van der Waals surface area contributed by atoms with Crippen LogP contribution in [-0.4, -0.2) is 38.3 Å². The maximum absolute atomic E-state index is 12.9. The van der Waals surface area contributed by atoms with Crippen LogP contribution in [0.15, 0.2) is 45.0 Å². The molecule has 0 spiro atoms. The zero-order chi connectivity index (χ0) is 21.3. The Labute approximate surface area is 179 Å². The number of amides is 1. The zero-order valence-corrected chi connectivity index (χ0v) is 18.5. The third kappa shape index (κ3) is 3.84. The van der Waals surface area contributed by atoms with Gasteiger partial charge in [0.25, 0.3) is 5.91 Å². The summed E-state index contributed by atoms with van der Waals surface area (Å²) in [6.07, 6.45) is 1.69. The maximum Gasteiger partial charge on any atom is 0.263 e. The average molecular weight is 449 g/mol. The van der Waals surface area contributed by atoms with Gasteiger partial charge >= 0.3 is 0 Å². The Morgan fingerprint density at radius 2 is 2.07 bits per heavy atom. The molecule has 1 unspecified atom stereocenters. The van der Waals surface area contributed by atoms with E-state index in [0.717, 1.165) is 29.6 Å². The molecule has 30 heavy (non-hydrogen) atoms. The molecule has 2 aromatic heterocycles. The molecule has 0 saturated carbocycles. The quantitative estimate of drug-likeness (QED) is 0.586. The third-order valence-electron chi connectivity index (χ3n) is 5.12. The van der Waals surface area contributed by atoms with Gasteiger partial charge in [0.15, 0.2) is 11.3 Å². The monoisotopic (exact) mass is 448 g/mol. The topological polar surface area (TPSA) is 88.8 Å². The highest BCUT2D eigenvalue weighted by Gasteiger charge is 2.32. The van der Waals surface area contributed by atoms with E-state index in [1.165, 1.54) is 10.4 Å². The summed E-state index contributed by atoms with van der Waals surface area (Å²) in [4.78, 5) is 13.2. The van der Waals surface area contributed by atoms with Crippen molar-refractivity contribution in [3.05, 3.63) is 46.3 Å². The van der Waals surface area contributed by atoms with E-state index >= 15 is 0 Å². The van der Waals surface area contributed by atoms with Gasteiger partial charge in [0.05, 0.1) is 12.6 Å². The van der Waals surface area contributed by atoms with Crippen molar-refractivity contribution >= 4 is 38.2 Å². The average Bonchev–Trinajstić information content (AvgIpc) is 3.48. The second-order valence-corrected chi connectivity index (χ2v) is 10.00. The lowest BCUT2D eigenvalue weighted by Crippen LogP contribution is -2.31. The number of nitrogens with zero attached hydrogens (tertiary/aromatic N) is 1. The van der Waals surface area contributed by atoms with Crippen LogP contribution in [0.4, 0.5) is 0 Å². The molecule has 1 fully saturated rings. The first-order chi connectivity index (χ1) is 14.4. The maximum atomic E-state index is 12.9. The lowest BCUT2D eigenvalue weighted by Gasteiger charge is -2.16. The van der Waals surface area contributed by atoms with Crippen LogP contribution in [0.3, 0.4) is 0 Å². The second kappa shape index (κ2) is 8.41. The van der Waals surface area contributed by atoms with Gasteiger partial charge in [0.1, 0.15) is 15.5 Å².